The second kappa shape index (κ2) is 5.80. The highest BCUT2D eigenvalue weighted by Gasteiger charge is 2.16. The van der Waals surface area contributed by atoms with Crippen LogP contribution in [0.15, 0.2) is 41.6 Å². The maximum absolute atomic E-state index is 6.43. The summed E-state index contributed by atoms with van der Waals surface area (Å²) in [6.45, 7) is 6.48. The maximum Gasteiger partial charge on any atom is 0.227 e. The average molecular weight is 294 g/mol. The molecule has 100 valence electrons. The van der Waals surface area contributed by atoms with E-state index in [0.717, 1.165) is 10.6 Å². The van der Waals surface area contributed by atoms with Crippen molar-refractivity contribution in [1.82, 2.24) is 9.97 Å². The Morgan fingerprint density at radius 2 is 1.79 bits per heavy atom. The molecular formula is C14H16ClN3S. The summed E-state index contributed by atoms with van der Waals surface area (Å²) in [5.41, 5.74) is 0.821. The Hall–Kier alpha value is -1.26. The van der Waals surface area contributed by atoms with Crippen molar-refractivity contribution in [3.63, 3.8) is 0 Å². The first-order valence-corrected chi connectivity index (χ1v) is 7.17. The standard InChI is InChI=1S/C14H16ClN3S/c1-14(2,3)19-11-7-4-6-10(12(11)15)18-13-16-8-5-9-17-13/h4-9H,1-3H3,(H,16,17,18). The van der Waals surface area contributed by atoms with Crippen molar-refractivity contribution in [2.75, 3.05) is 5.32 Å². The lowest BCUT2D eigenvalue weighted by atomic mass is 10.3. The summed E-state index contributed by atoms with van der Waals surface area (Å²) in [5.74, 6) is 0.544. The van der Waals surface area contributed by atoms with Gasteiger partial charge < -0.3 is 5.32 Å². The maximum atomic E-state index is 6.43. The summed E-state index contributed by atoms with van der Waals surface area (Å²) < 4.78 is 0.117. The van der Waals surface area contributed by atoms with Gasteiger partial charge in [-0.25, -0.2) is 9.97 Å². The molecule has 1 heterocycles. The predicted molar refractivity (Wildman–Crippen MR) is 82.4 cm³/mol. The van der Waals surface area contributed by atoms with Gasteiger partial charge in [0, 0.05) is 22.0 Å². The summed E-state index contributed by atoms with van der Waals surface area (Å²) in [6.07, 6.45) is 3.38. The normalized spacial score (nSPS) is 11.4. The lowest BCUT2D eigenvalue weighted by Gasteiger charge is -2.19. The number of rotatable bonds is 3. The van der Waals surface area contributed by atoms with Crippen molar-refractivity contribution in [3.8, 4) is 0 Å². The van der Waals surface area contributed by atoms with Crippen LogP contribution >= 0.6 is 23.4 Å². The van der Waals surface area contributed by atoms with E-state index < -0.39 is 0 Å². The summed E-state index contributed by atoms with van der Waals surface area (Å²) in [4.78, 5) is 9.31. The van der Waals surface area contributed by atoms with E-state index in [1.165, 1.54) is 0 Å². The van der Waals surface area contributed by atoms with Crippen molar-refractivity contribution in [3.05, 3.63) is 41.7 Å². The number of halogens is 1. The van der Waals surface area contributed by atoms with Crippen LogP contribution in [-0.4, -0.2) is 14.7 Å². The van der Waals surface area contributed by atoms with E-state index in [2.05, 4.69) is 36.1 Å². The molecular weight excluding hydrogens is 278 g/mol. The van der Waals surface area contributed by atoms with Gasteiger partial charge in [0.25, 0.3) is 0 Å². The van der Waals surface area contributed by atoms with Gasteiger partial charge in [-0.3, -0.25) is 0 Å². The summed E-state index contributed by atoms with van der Waals surface area (Å²) in [7, 11) is 0. The first-order valence-electron chi connectivity index (χ1n) is 5.97. The van der Waals surface area contributed by atoms with E-state index in [0.29, 0.717) is 11.0 Å². The molecule has 0 amide bonds. The molecule has 0 unspecified atom stereocenters. The summed E-state index contributed by atoms with van der Waals surface area (Å²) >= 11 is 8.17. The van der Waals surface area contributed by atoms with Gasteiger partial charge in [0.05, 0.1) is 10.7 Å². The Bertz CT molecular complexity index is 552. The van der Waals surface area contributed by atoms with Gasteiger partial charge in [0.1, 0.15) is 0 Å². The largest absolute Gasteiger partial charge is 0.323 e. The fraction of sp³-hybridized carbons (Fsp3) is 0.286. The first-order chi connectivity index (χ1) is 8.96. The topological polar surface area (TPSA) is 37.8 Å². The minimum Gasteiger partial charge on any atom is -0.323 e. The van der Waals surface area contributed by atoms with Gasteiger partial charge in [0.15, 0.2) is 0 Å². The van der Waals surface area contributed by atoms with Gasteiger partial charge in [0.2, 0.25) is 5.95 Å². The minimum atomic E-state index is 0.117. The van der Waals surface area contributed by atoms with Gasteiger partial charge in [-0.05, 0) is 18.2 Å². The fourth-order valence-corrected chi connectivity index (χ4v) is 2.79. The average Bonchev–Trinajstić information content (AvgIpc) is 2.34. The molecule has 1 aromatic heterocycles. The molecule has 1 aromatic carbocycles. The molecule has 0 radical (unpaired) electrons. The second-order valence-electron chi connectivity index (χ2n) is 5.03. The molecule has 0 saturated heterocycles. The van der Waals surface area contributed by atoms with E-state index in [1.807, 2.05) is 18.2 Å². The zero-order valence-corrected chi connectivity index (χ0v) is 12.7. The van der Waals surface area contributed by atoms with E-state index in [-0.39, 0.29) is 4.75 Å². The van der Waals surface area contributed by atoms with Crippen LogP contribution in [0.4, 0.5) is 11.6 Å². The minimum absolute atomic E-state index is 0.117. The molecule has 0 aliphatic rings. The van der Waals surface area contributed by atoms with Crippen LogP contribution < -0.4 is 5.32 Å². The summed E-state index contributed by atoms with van der Waals surface area (Å²) in [6, 6.07) is 7.70. The highest BCUT2D eigenvalue weighted by atomic mass is 35.5. The number of benzene rings is 1. The number of hydrogen-bond donors (Lipinski definition) is 1. The van der Waals surface area contributed by atoms with Crippen LogP contribution in [0.3, 0.4) is 0 Å². The molecule has 2 aromatic rings. The highest BCUT2D eigenvalue weighted by molar-refractivity contribution is 8.00. The molecule has 3 nitrogen and oxygen atoms in total. The third-order valence-corrected chi connectivity index (χ3v) is 3.88. The lowest BCUT2D eigenvalue weighted by molar-refractivity contribution is 0.803. The first kappa shape index (κ1) is 14.2. The number of aromatic nitrogens is 2. The van der Waals surface area contributed by atoms with Gasteiger partial charge in [-0.2, -0.15) is 0 Å². The van der Waals surface area contributed by atoms with E-state index in [1.54, 1.807) is 30.2 Å². The Labute approximate surface area is 122 Å². The molecule has 5 heteroatoms. The van der Waals surface area contributed by atoms with Crippen LogP contribution in [0.5, 0.6) is 0 Å². The van der Waals surface area contributed by atoms with Crippen LogP contribution in [0, 0.1) is 0 Å². The molecule has 0 saturated carbocycles. The molecule has 2 rings (SSSR count). The number of nitrogens with one attached hydrogen (secondary N) is 1. The molecule has 0 fully saturated rings. The number of anilines is 2. The molecule has 0 bridgehead atoms. The smallest absolute Gasteiger partial charge is 0.227 e. The molecule has 0 aliphatic heterocycles. The molecule has 0 spiro atoms. The van der Waals surface area contributed by atoms with E-state index >= 15 is 0 Å². The van der Waals surface area contributed by atoms with Crippen molar-refractivity contribution >= 4 is 35.0 Å². The number of nitrogens with zero attached hydrogens (tertiary/aromatic N) is 2. The second-order valence-corrected chi connectivity index (χ2v) is 7.28. The SMILES string of the molecule is CC(C)(C)Sc1cccc(Nc2ncccn2)c1Cl. The van der Waals surface area contributed by atoms with Crippen LogP contribution in [0.25, 0.3) is 0 Å². The molecule has 1 N–H and O–H groups in total. The summed E-state index contributed by atoms with van der Waals surface area (Å²) in [5, 5.41) is 3.83. The van der Waals surface area contributed by atoms with Crippen LogP contribution in [-0.2, 0) is 0 Å². The van der Waals surface area contributed by atoms with E-state index in [4.69, 9.17) is 11.6 Å². The van der Waals surface area contributed by atoms with Gasteiger partial charge in [-0.15, -0.1) is 11.8 Å². The Morgan fingerprint density at radius 1 is 1.11 bits per heavy atom. The Morgan fingerprint density at radius 3 is 2.42 bits per heavy atom. The van der Waals surface area contributed by atoms with Crippen molar-refractivity contribution < 1.29 is 0 Å². The zero-order chi connectivity index (χ0) is 13.9. The fourth-order valence-electron chi connectivity index (χ4n) is 1.50. The number of hydrogen-bond acceptors (Lipinski definition) is 4. The van der Waals surface area contributed by atoms with Crippen LogP contribution in [0.2, 0.25) is 5.02 Å². The Kier molecular flexibility index (Phi) is 4.32. The molecule has 0 aliphatic carbocycles. The third kappa shape index (κ3) is 4.11. The van der Waals surface area contributed by atoms with Gasteiger partial charge >= 0.3 is 0 Å². The predicted octanol–water partition coefficient (Wildman–Crippen LogP) is 4.76. The van der Waals surface area contributed by atoms with Crippen molar-refractivity contribution in [1.29, 1.82) is 0 Å². The Balaban J connectivity index is 2.25. The van der Waals surface area contributed by atoms with Crippen molar-refractivity contribution in [2.24, 2.45) is 0 Å². The molecule has 0 atom stereocenters. The van der Waals surface area contributed by atoms with Crippen LogP contribution in [0.1, 0.15) is 20.8 Å². The lowest BCUT2D eigenvalue weighted by Crippen LogP contribution is -2.07. The monoisotopic (exact) mass is 293 g/mol. The quantitative estimate of drug-likeness (QED) is 0.828. The van der Waals surface area contributed by atoms with E-state index in [9.17, 15) is 0 Å². The van der Waals surface area contributed by atoms with Crippen molar-refractivity contribution in [2.45, 2.75) is 30.4 Å². The number of thioether (sulfide) groups is 1. The molecule has 19 heavy (non-hydrogen) atoms. The highest BCUT2D eigenvalue weighted by Crippen LogP contribution is 2.39. The van der Waals surface area contributed by atoms with Gasteiger partial charge in [-0.1, -0.05) is 38.4 Å². The zero-order valence-electron chi connectivity index (χ0n) is 11.1. The third-order valence-electron chi connectivity index (χ3n) is 2.19.